The summed E-state index contributed by atoms with van der Waals surface area (Å²) in [5.74, 6) is 0. The van der Waals surface area contributed by atoms with Gasteiger partial charge in [0.1, 0.15) is 12.2 Å². The predicted molar refractivity (Wildman–Crippen MR) is 66.3 cm³/mol. The van der Waals surface area contributed by atoms with Crippen LogP contribution in [0, 0.1) is 0 Å². The Morgan fingerprint density at radius 1 is 1.27 bits per heavy atom. The smallest absolute Gasteiger partial charge is 0.134 e. The third-order valence-electron chi connectivity index (χ3n) is 3.09. The normalized spacial score (nSPS) is 11.7. The van der Waals surface area contributed by atoms with Crippen molar-refractivity contribution in [1.29, 1.82) is 0 Å². The molecular formula is C12H19ClNO+. The minimum atomic E-state index is 0.203. The Hall–Kier alpha value is -0.570. The van der Waals surface area contributed by atoms with E-state index in [0.29, 0.717) is 0 Å². The van der Waals surface area contributed by atoms with E-state index in [9.17, 15) is 0 Å². The van der Waals surface area contributed by atoms with Crippen LogP contribution in [0.25, 0.3) is 0 Å². The highest BCUT2D eigenvalue weighted by Gasteiger charge is 2.25. The molecule has 1 aromatic rings. The molecule has 1 rings (SSSR count). The first-order chi connectivity index (χ1) is 7.18. The van der Waals surface area contributed by atoms with Crippen molar-refractivity contribution in [3.05, 3.63) is 29.3 Å². The second kappa shape index (κ2) is 5.50. The average molecular weight is 229 g/mol. The third kappa shape index (κ3) is 2.71. The molecule has 0 amide bonds. The molecule has 0 spiro atoms. The lowest BCUT2D eigenvalue weighted by Crippen LogP contribution is -2.50. The number of hydrogen-bond donors (Lipinski definition) is 1. The van der Waals surface area contributed by atoms with Crippen LogP contribution >= 0.6 is 11.6 Å². The third-order valence-corrected chi connectivity index (χ3v) is 3.33. The Kier molecular flexibility index (Phi) is 4.58. The van der Waals surface area contributed by atoms with E-state index >= 15 is 0 Å². The summed E-state index contributed by atoms with van der Waals surface area (Å²) in [5, 5.41) is 9.91. The van der Waals surface area contributed by atoms with Crippen molar-refractivity contribution in [2.24, 2.45) is 0 Å². The predicted octanol–water partition coefficient (Wildman–Crippen LogP) is 2.68. The van der Waals surface area contributed by atoms with Gasteiger partial charge in [-0.1, -0.05) is 17.7 Å². The number of halogens is 1. The number of quaternary nitrogens is 1. The number of nitrogens with zero attached hydrogens (tertiary/aromatic N) is 1. The number of benzene rings is 1. The average Bonchev–Trinajstić information content (AvgIpc) is 2.26. The molecule has 0 fully saturated rings. The zero-order chi connectivity index (χ0) is 11.3. The summed E-state index contributed by atoms with van der Waals surface area (Å²) in [6.07, 6.45) is 0. The highest BCUT2D eigenvalue weighted by atomic mass is 35.5. The molecule has 0 heterocycles. The summed E-state index contributed by atoms with van der Waals surface area (Å²) >= 11 is 5.99. The van der Waals surface area contributed by atoms with Crippen molar-refractivity contribution in [1.82, 2.24) is 4.48 Å². The van der Waals surface area contributed by atoms with Gasteiger partial charge in [0.05, 0.1) is 19.7 Å². The van der Waals surface area contributed by atoms with Crippen LogP contribution in [0.15, 0.2) is 24.3 Å². The largest absolute Gasteiger partial charge is 0.390 e. The first-order valence-electron chi connectivity index (χ1n) is 5.41. The van der Waals surface area contributed by atoms with Crippen LogP contribution in [0.4, 0.5) is 5.69 Å². The zero-order valence-electron chi connectivity index (χ0n) is 9.41. The van der Waals surface area contributed by atoms with E-state index in [1.165, 1.54) is 5.69 Å². The minimum Gasteiger partial charge on any atom is -0.390 e. The maximum atomic E-state index is 9.15. The maximum Gasteiger partial charge on any atom is 0.134 e. The fourth-order valence-corrected chi connectivity index (χ4v) is 2.18. The Morgan fingerprint density at radius 2 is 1.93 bits per heavy atom. The monoisotopic (exact) mass is 228 g/mol. The second-order valence-corrected chi connectivity index (χ2v) is 4.14. The number of rotatable bonds is 5. The molecule has 0 aromatic heterocycles. The molecule has 0 radical (unpaired) electrons. The van der Waals surface area contributed by atoms with Gasteiger partial charge in [-0.15, -0.1) is 0 Å². The molecule has 0 aliphatic heterocycles. The Labute approximate surface area is 96.7 Å². The molecular weight excluding hydrogens is 210 g/mol. The van der Waals surface area contributed by atoms with Gasteiger partial charge in [0.25, 0.3) is 0 Å². The number of aliphatic hydroxyl groups excluding tert-OH is 1. The maximum absolute atomic E-state index is 9.15. The van der Waals surface area contributed by atoms with Gasteiger partial charge in [0.15, 0.2) is 0 Å². The van der Waals surface area contributed by atoms with E-state index < -0.39 is 0 Å². The summed E-state index contributed by atoms with van der Waals surface area (Å²) in [5.41, 5.74) is 1.18. The SMILES string of the molecule is CC[N+](CC)(CCO)c1cccc(Cl)c1. The van der Waals surface area contributed by atoms with Crippen LogP contribution in [-0.2, 0) is 0 Å². The van der Waals surface area contributed by atoms with Crippen molar-refractivity contribution in [2.45, 2.75) is 13.8 Å². The molecule has 0 saturated heterocycles. The van der Waals surface area contributed by atoms with E-state index in [4.69, 9.17) is 16.7 Å². The summed E-state index contributed by atoms with van der Waals surface area (Å²) in [7, 11) is 0. The van der Waals surface area contributed by atoms with Gasteiger partial charge in [0, 0.05) is 11.1 Å². The highest BCUT2D eigenvalue weighted by molar-refractivity contribution is 6.30. The lowest BCUT2D eigenvalue weighted by atomic mass is 10.2. The summed E-state index contributed by atoms with van der Waals surface area (Å²) < 4.78 is 0.789. The van der Waals surface area contributed by atoms with Gasteiger partial charge in [-0.25, -0.2) is 0 Å². The van der Waals surface area contributed by atoms with Gasteiger partial charge in [-0.05, 0) is 26.0 Å². The molecule has 0 bridgehead atoms. The number of likely N-dealkylation sites (N-methyl/N-ethyl adjacent to an activating group) is 1. The van der Waals surface area contributed by atoms with Crippen LogP contribution in [0.3, 0.4) is 0 Å². The topological polar surface area (TPSA) is 20.2 Å². The first kappa shape index (κ1) is 12.5. The highest BCUT2D eigenvalue weighted by Crippen LogP contribution is 2.25. The standard InChI is InChI=1S/C12H19ClNO/c1-3-14(4-2,8-9-15)12-7-5-6-11(13)10-12/h5-7,10,15H,3-4,8-9H2,1-2H3/q+1. The van der Waals surface area contributed by atoms with Gasteiger partial charge in [0.2, 0.25) is 0 Å². The Balaban J connectivity index is 3.07. The lowest BCUT2D eigenvalue weighted by Gasteiger charge is -2.35. The molecule has 1 aromatic carbocycles. The number of aliphatic hydroxyl groups is 1. The molecule has 15 heavy (non-hydrogen) atoms. The van der Waals surface area contributed by atoms with Crippen molar-refractivity contribution in [2.75, 3.05) is 26.2 Å². The van der Waals surface area contributed by atoms with Crippen molar-refractivity contribution >= 4 is 17.3 Å². The van der Waals surface area contributed by atoms with Gasteiger partial charge in [-0.2, -0.15) is 0 Å². The van der Waals surface area contributed by atoms with E-state index in [-0.39, 0.29) is 6.61 Å². The molecule has 1 N–H and O–H groups in total. The van der Waals surface area contributed by atoms with Gasteiger partial charge < -0.3 is 5.11 Å². The fourth-order valence-electron chi connectivity index (χ4n) is 2.00. The summed E-state index contributed by atoms with van der Waals surface area (Å²) in [6, 6.07) is 7.91. The zero-order valence-corrected chi connectivity index (χ0v) is 10.2. The lowest BCUT2D eigenvalue weighted by molar-refractivity contribution is 0.209. The van der Waals surface area contributed by atoms with Gasteiger partial charge in [-0.3, -0.25) is 4.48 Å². The molecule has 2 nitrogen and oxygen atoms in total. The second-order valence-electron chi connectivity index (χ2n) is 3.70. The molecule has 0 saturated carbocycles. The first-order valence-corrected chi connectivity index (χ1v) is 5.79. The molecule has 0 aliphatic carbocycles. The van der Waals surface area contributed by atoms with E-state index in [1.807, 2.05) is 18.2 Å². The van der Waals surface area contributed by atoms with E-state index in [1.54, 1.807) is 0 Å². The molecule has 3 heteroatoms. The molecule has 0 unspecified atom stereocenters. The van der Waals surface area contributed by atoms with Gasteiger partial charge >= 0.3 is 0 Å². The Morgan fingerprint density at radius 3 is 2.40 bits per heavy atom. The van der Waals surface area contributed by atoms with Crippen molar-refractivity contribution < 1.29 is 5.11 Å². The van der Waals surface area contributed by atoms with E-state index in [2.05, 4.69) is 19.9 Å². The fraction of sp³-hybridized carbons (Fsp3) is 0.500. The van der Waals surface area contributed by atoms with Crippen LogP contribution in [-0.4, -0.2) is 31.3 Å². The van der Waals surface area contributed by atoms with Crippen molar-refractivity contribution in [3.8, 4) is 0 Å². The van der Waals surface area contributed by atoms with Crippen LogP contribution < -0.4 is 4.48 Å². The Bertz CT molecular complexity index is 310. The number of hydrogen-bond acceptors (Lipinski definition) is 1. The van der Waals surface area contributed by atoms with E-state index in [0.717, 1.165) is 29.1 Å². The minimum absolute atomic E-state index is 0.203. The molecule has 84 valence electrons. The van der Waals surface area contributed by atoms with Crippen LogP contribution in [0.1, 0.15) is 13.8 Å². The quantitative estimate of drug-likeness (QED) is 0.769. The van der Waals surface area contributed by atoms with Crippen molar-refractivity contribution in [3.63, 3.8) is 0 Å². The molecule has 0 atom stereocenters. The summed E-state index contributed by atoms with van der Waals surface area (Å²) in [4.78, 5) is 0. The summed E-state index contributed by atoms with van der Waals surface area (Å²) in [6.45, 7) is 7.16. The van der Waals surface area contributed by atoms with Crippen LogP contribution in [0.2, 0.25) is 5.02 Å². The van der Waals surface area contributed by atoms with Crippen LogP contribution in [0.5, 0.6) is 0 Å². The molecule has 0 aliphatic rings.